The van der Waals surface area contributed by atoms with Gasteiger partial charge in [0.15, 0.2) is 6.61 Å². The van der Waals surface area contributed by atoms with Gasteiger partial charge in [0.1, 0.15) is 10.6 Å². The van der Waals surface area contributed by atoms with Crippen LogP contribution in [0.1, 0.15) is 49.4 Å². The van der Waals surface area contributed by atoms with Crippen LogP contribution in [0.3, 0.4) is 0 Å². The highest BCUT2D eigenvalue weighted by atomic mass is 32.2. The Morgan fingerprint density at radius 3 is 2.35 bits per heavy atom. The Morgan fingerprint density at radius 2 is 1.74 bits per heavy atom. The summed E-state index contributed by atoms with van der Waals surface area (Å²) in [5.41, 5.74) is 0.0150. The van der Waals surface area contributed by atoms with E-state index in [9.17, 15) is 22.8 Å². The normalized spacial score (nSPS) is 20.0. The SMILES string of the molecule is COC(=O)C1CCN(C(=O)COC(=O)c2ccc(OC)c(S(=O)(=O)N3CCCC[C@H]3C)c2)CC1. The number of ether oxygens (including phenoxy) is 3. The lowest BCUT2D eigenvalue weighted by Gasteiger charge is -2.32. The quantitative estimate of drug-likeness (QED) is 0.525. The van der Waals surface area contributed by atoms with E-state index < -0.39 is 22.6 Å². The summed E-state index contributed by atoms with van der Waals surface area (Å²) in [6.07, 6.45) is 3.47. The molecule has 1 aromatic rings. The van der Waals surface area contributed by atoms with Crippen LogP contribution >= 0.6 is 0 Å². The Bertz CT molecular complexity index is 1020. The first-order valence-corrected chi connectivity index (χ1v) is 12.9. The van der Waals surface area contributed by atoms with Crippen molar-refractivity contribution in [2.24, 2.45) is 5.92 Å². The van der Waals surface area contributed by atoms with Gasteiger partial charge in [-0.1, -0.05) is 6.42 Å². The molecule has 0 radical (unpaired) electrons. The standard InChI is InChI=1S/C23H32N2O8S/c1-16-6-4-5-11-25(16)34(29,30)20-14-18(7-8-19(20)31-2)23(28)33-15-21(26)24-12-9-17(10-13-24)22(27)32-3/h7-8,14,16-17H,4-6,9-13,15H2,1-3H3/t16-/m1/s1. The van der Waals surface area contributed by atoms with E-state index in [1.54, 1.807) is 0 Å². The number of benzene rings is 1. The second kappa shape index (κ2) is 11.2. The van der Waals surface area contributed by atoms with Gasteiger partial charge in [-0.15, -0.1) is 0 Å². The zero-order chi connectivity index (χ0) is 24.9. The van der Waals surface area contributed by atoms with Gasteiger partial charge < -0.3 is 19.1 Å². The zero-order valence-corrected chi connectivity index (χ0v) is 20.6. The largest absolute Gasteiger partial charge is 0.495 e. The maximum absolute atomic E-state index is 13.3. The molecule has 0 bridgehead atoms. The molecule has 3 rings (SSSR count). The highest BCUT2D eigenvalue weighted by molar-refractivity contribution is 7.89. The summed E-state index contributed by atoms with van der Waals surface area (Å²) in [6, 6.07) is 3.91. The van der Waals surface area contributed by atoms with Crippen LogP contribution in [0.4, 0.5) is 0 Å². The smallest absolute Gasteiger partial charge is 0.338 e. The average Bonchev–Trinajstić information content (AvgIpc) is 2.86. The number of methoxy groups -OCH3 is 2. The first-order chi connectivity index (χ1) is 16.2. The molecule has 0 N–H and O–H groups in total. The first kappa shape index (κ1) is 26.0. The molecule has 0 saturated carbocycles. The third kappa shape index (κ3) is 5.69. The van der Waals surface area contributed by atoms with Crippen LogP contribution in [0.2, 0.25) is 0 Å². The number of amides is 1. The molecule has 2 saturated heterocycles. The van der Waals surface area contributed by atoms with Gasteiger partial charge >= 0.3 is 11.9 Å². The van der Waals surface area contributed by atoms with Crippen LogP contribution in [-0.4, -0.2) is 82.0 Å². The fraction of sp³-hybridized carbons (Fsp3) is 0.609. The molecule has 0 aliphatic carbocycles. The first-order valence-electron chi connectivity index (χ1n) is 11.4. The number of rotatable bonds is 7. The number of likely N-dealkylation sites (tertiary alicyclic amines) is 1. The van der Waals surface area contributed by atoms with Gasteiger partial charge in [0.05, 0.1) is 25.7 Å². The molecule has 2 heterocycles. The van der Waals surface area contributed by atoms with Crippen molar-refractivity contribution in [1.29, 1.82) is 0 Å². The summed E-state index contributed by atoms with van der Waals surface area (Å²) >= 11 is 0. The van der Waals surface area contributed by atoms with Crippen molar-refractivity contribution in [2.45, 2.75) is 50.0 Å². The summed E-state index contributed by atoms with van der Waals surface area (Å²) in [7, 11) is -1.18. The van der Waals surface area contributed by atoms with Gasteiger partial charge in [-0.05, 0) is 50.8 Å². The average molecular weight is 497 g/mol. The maximum atomic E-state index is 13.3. The second-order valence-electron chi connectivity index (χ2n) is 8.58. The number of piperidine rings is 2. The molecule has 34 heavy (non-hydrogen) atoms. The number of nitrogens with zero attached hydrogens (tertiary/aromatic N) is 2. The van der Waals surface area contributed by atoms with Crippen molar-refractivity contribution in [1.82, 2.24) is 9.21 Å². The summed E-state index contributed by atoms with van der Waals surface area (Å²) < 4.78 is 43.2. The van der Waals surface area contributed by atoms with Crippen LogP contribution in [-0.2, 0) is 29.1 Å². The van der Waals surface area contributed by atoms with Crippen LogP contribution in [0.25, 0.3) is 0 Å². The minimum absolute atomic E-state index is 0.0150. The van der Waals surface area contributed by atoms with Gasteiger partial charge in [-0.25, -0.2) is 13.2 Å². The van der Waals surface area contributed by atoms with Gasteiger partial charge in [-0.2, -0.15) is 4.31 Å². The Balaban J connectivity index is 1.66. The molecule has 188 valence electrons. The number of esters is 2. The number of sulfonamides is 1. The lowest BCUT2D eigenvalue weighted by Crippen LogP contribution is -2.42. The minimum atomic E-state index is -3.89. The summed E-state index contributed by atoms with van der Waals surface area (Å²) in [5.74, 6) is -1.57. The summed E-state index contributed by atoms with van der Waals surface area (Å²) in [4.78, 5) is 38.1. The van der Waals surface area contributed by atoms with E-state index in [4.69, 9.17) is 14.2 Å². The van der Waals surface area contributed by atoms with Crippen LogP contribution < -0.4 is 4.74 Å². The van der Waals surface area contributed by atoms with Crippen molar-refractivity contribution < 1.29 is 37.0 Å². The Kier molecular flexibility index (Phi) is 8.53. The molecule has 1 aromatic carbocycles. The molecule has 10 nitrogen and oxygen atoms in total. The highest BCUT2D eigenvalue weighted by Crippen LogP contribution is 2.32. The van der Waals surface area contributed by atoms with E-state index in [1.807, 2.05) is 6.92 Å². The Hall–Kier alpha value is -2.66. The Labute approximate surface area is 200 Å². The summed E-state index contributed by atoms with van der Waals surface area (Å²) in [5, 5.41) is 0. The van der Waals surface area contributed by atoms with Crippen molar-refractivity contribution >= 4 is 27.9 Å². The van der Waals surface area contributed by atoms with E-state index in [0.29, 0.717) is 32.5 Å². The lowest BCUT2D eigenvalue weighted by atomic mass is 9.97. The molecule has 1 amide bonds. The zero-order valence-electron chi connectivity index (χ0n) is 19.8. The van der Waals surface area contributed by atoms with Crippen molar-refractivity contribution in [3.8, 4) is 5.75 Å². The molecular weight excluding hydrogens is 464 g/mol. The molecule has 2 fully saturated rings. The minimum Gasteiger partial charge on any atom is -0.495 e. The van der Waals surface area contributed by atoms with Crippen molar-refractivity contribution in [2.75, 3.05) is 40.5 Å². The van der Waals surface area contributed by atoms with E-state index in [2.05, 4.69) is 0 Å². The fourth-order valence-electron chi connectivity index (χ4n) is 4.39. The van der Waals surface area contributed by atoms with E-state index >= 15 is 0 Å². The molecular formula is C23H32N2O8S. The van der Waals surface area contributed by atoms with Gasteiger partial charge in [-0.3, -0.25) is 9.59 Å². The van der Waals surface area contributed by atoms with Gasteiger partial charge in [0.25, 0.3) is 5.91 Å². The third-order valence-electron chi connectivity index (χ3n) is 6.44. The van der Waals surface area contributed by atoms with Crippen molar-refractivity contribution in [3.63, 3.8) is 0 Å². The van der Waals surface area contributed by atoms with E-state index in [1.165, 1.54) is 41.6 Å². The van der Waals surface area contributed by atoms with Crippen LogP contribution in [0.5, 0.6) is 5.75 Å². The lowest BCUT2D eigenvalue weighted by molar-refractivity contribution is -0.149. The predicted octanol–water partition coefficient (Wildman–Crippen LogP) is 1.83. The molecule has 1 atom stereocenters. The third-order valence-corrected chi connectivity index (χ3v) is 8.47. The second-order valence-corrected chi connectivity index (χ2v) is 10.4. The molecule has 2 aliphatic rings. The fourth-order valence-corrected chi connectivity index (χ4v) is 6.28. The van der Waals surface area contributed by atoms with E-state index in [0.717, 1.165) is 19.3 Å². The topological polar surface area (TPSA) is 120 Å². The molecule has 11 heteroatoms. The summed E-state index contributed by atoms with van der Waals surface area (Å²) in [6.45, 7) is 2.53. The molecule has 0 aromatic heterocycles. The van der Waals surface area contributed by atoms with Gasteiger partial charge in [0, 0.05) is 25.7 Å². The highest BCUT2D eigenvalue weighted by Gasteiger charge is 2.34. The molecule has 0 spiro atoms. The number of hydrogen-bond acceptors (Lipinski definition) is 8. The van der Waals surface area contributed by atoms with Gasteiger partial charge in [0.2, 0.25) is 10.0 Å². The van der Waals surface area contributed by atoms with Crippen LogP contribution in [0.15, 0.2) is 23.1 Å². The van der Waals surface area contributed by atoms with Crippen molar-refractivity contribution in [3.05, 3.63) is 23.8 Å². The number of hydrogen-bond donors (Lipinski definition) is 0. The molecule has 0 unspecified atom stereocenters. The maximum Gasteiger partial charge on any atom is 0.338 e. The predicted molar refractivity (Wildman–Crippen MR) is 122 cm³/mol. The Morgan fingerprint density at radius 1 is 1.03 bits per heavy atom. The molecule has 2 aliphatic heterocycles. The monoisotopic (exact) mass is 496 g/mol. The van der Waals surface area contributed by atoms with Crippen LogP contribution in [0, 0.1) is 5.92 Å². The number of carbonyl (C=O) groups excluding carboxylic acids is 3. The number of carbonyl (C=O) groups is 3. The van der Waals surface area contributed by atoms with E-state index in [-0.39, 0.29) is 40.0 Å².